The Morgan fingerprint density at radius 3 is 2.32 bits per heavy atom. The van der Waals surface area contributed by atoms with E-state index in [0.717, 1.165) is 22.5 Å². The van der Waals surface area contributed by atoms with Gasteiger partial charge in [-0.05, 0) is 37.6 Å². The van der Waals surface area contributed by atoms with Crippen molar-refractivity contribution >= 4 is 5.69 Å². The quantitative estimate of drug-likeness (QED) is 0.676. The number of aryl methyl sites for hydroxylation is 1. The minimum absolute atomic E-state index is 0.0570. The SMILES string of the molecule is Cc1nc(-c2ccc([N+](=O)[O-])cc2)ccc1C(C)N. The third-order valence-corrected chi connectivity index (χ3v) is 2.99. The molecule has 1 unspecified atom stereocenters. The smallest absolute Gasteiger partial charge is 0.269 e. The van der Waals surface area contributed by atoms with Crippen molar-refractivity contribution in [1.29, 1.82) is 0 Å². The first-order valence-corrected chi connectivity index (χ1v) is 5.97. The van der Waals surface area contributed by atoms with Crippen LogP contribution in [-0.2, 0) is 0 Å². The van der Waals surface area contributed by atoms with Crippen molar-refractivity contribution < 1.29 is 4.92 Å². The van der Waals surface area contributed by atoms with Gasteiger partial charge in [0.15, 0.2) is 0 Å². The van der Waals surface area contributed by atoms with E-state index in [-0.39, 0.29) is 11.7 Å². The van der Waals surface area contributed by atoms with Gasteiger partial charge in [-0.2, -0.15) is 0 Å². The van der Waals surface area contributed by atoms with Crippen molar-refractivity contribution in [2.75, 3.05) is 0 Å². The van der Waals surface area contributed by atoms with Crippen LogP contribution in [0.25, 0.3) is 11.3 Å². The average molecular weight is 257 g/mol. The fraction of sp³-hybridized carbons (Fsp3) is 0.214. The Bertz CT molecular complexity index is 607. The van der Waals surface area contributed by atoms with E-state index in [4.69, 9.17) is 5.73 Å². The number of nitrogens with zero attached hydrogens (tertiary/aromatic N) is 2. The molecule has 1 heterocycles. The molecule has 2 rings (SSSR count). The molecule has 0 radical (unpaired) electrons. The molecule has 0 aliphatic rings. The lowest BCUT2D eigenvalue weighted by Gasteiger charge is -2.10. The van der Waals surface area contributed by atoms with Crippen LogP contribution in [0.2, 0.25) is 0 Å². The molecular formula is C14H15N3O2. The minimum Gasteiger partial charge on any atom is -0.324 e. The van der Waals surface area contributed by atoms with Crippen LogP contribution >= 0.6 is 0 Å². The molecule has 5 nitrogen and oxygen atoms in total. The Balaban J connectivity index is 2.37. The van der Waals surface area contributed by atoms with Gasteiger partial charge in [0.2, 0.25) is 0 Å². The molecule has 0 spiro atoms. The summed E-state index contributed by atoms with van der Waals surface area (Å²) in [4.78, 5) is 14.7. The molecule has 1 atom stereocenters. The first-order chi connectivity index (χ1) is 8.99. The topological polar surface area (TPSA) is 82.0 Å². The van der Waals surface area contributed by atoms with Gasteiger partial charge in [-0.25, -0.2) is 0 Å². The van der Waals surface area contributed by atoms with Crippen molar-refractivity contribution in [3.8, 4) is 11.3 Å². The molecule has 1 aromatic heterocycles. The molecule has 1 aromatic carbocycles. The van der Waals surface area contributed by atoms with Crippen LogP contribution in [0.4, 0.5) is 5.69 Å². The molecule has 5 heteroatoms. The number of aromatic nitrogens is 1. The maximum Gasteiger partial charge on any atom is 0.269 e. The van der Waals surface area contributed by atoms with E-state index in [1.807, 2.05) is 26.0 Å². The number of nitro benzene ring substituents is 1. The molecule has 2 aromatic rings. The van der Waals surface area contributed by atoms with Crippen LogP contribution in [0.5, 0.6) is 0 Å². The molecule has 0 amide bonds. The zero-order valence-corrected chi connectivity index (χ0v) is 10.8. The molecular weight excluding hydrogens is 242 g/mol. The summed E-state index contributed by atoms with van der Waals surface area (Å²) in [5.41, 5.74) is 9.44. The Morgan fingerprint density at radius 2 is 1.84 bits per heavy atom. The van der Waals surface area contributed by atoms with Crippen LogP contribution in [0, 0.1) is 17.0 Å². The fourth-order valence-electron chi connectivity index (χ4n) is 1.97. The lowest BCUT2D eigenvalue weighted by atomic mass is 10.0. The molecule has 19 heavy (non-hydrogen) atoms. The molecule has 0 aliphatic carbocycles. The van der Waals surface area contributed by atoms with Crippen molar-refractivity contribution in [2.45, 2.75) is 19.9 Å². The molecule has 0 saturated carbocycles. The maximum absolute atomic E-state index is 10.6. The molecule has 0 saturated heterocycles. The Morgan fingerprint density at radius 1 is 1.21 bits per heavy atom. The molecule has 98 valence electrons. The lowest BCUT2D eigenvalue weighted by molar-refractivity contribution is -0.384. The minimum atomic E-state index is -0.415. The monoisotopic (exact) mass is 257 g/mol. The van der Waals surface area contributed by atoms with Gasteiger partial charge in [0.05, 0.1) is 10.6 Å². The first kappa shape index (κ1) is 13.2. The number of nitrogens with two attached hydrogens (primary N) is 1. The highest BCUT2D eigenvalue weighted by Crippen LogP contribution is 2.23. The highest BCUT2D eigenvalue weighted by Gasteiger charge is 2.09. The molecule has 2 N–H and O–H groups in total. The summed E-state index contributed by atoms with van der Waals surface area (Å²) in [7, 11) is 0. The number of pyridine rings is 1. The van der Waals surface area contributed by atoms with E-state index in [9.17, 15) is 10.1 Å². The highest BCUT2D eigenvalue weighted by atomic mass is 16.6. The summed E-state index contributed by atoms with van der Waals surface area (Å²) < 4.78 is 0. The van der Waals surface area contributed by atoms with Gasteiger partial charge >= 0.3 is 0 Å². The highest BCUT2D eigenvalue weighted by molar-refractivity contribution is 5.61. The van der Waals surface area contributed by atoms with Gasteiger partial charge in [0.25, 0.3) is 5.69 Å². The second-order valence-electron chi connectivity index (χ2n) is 4.46. The predicted molar refractivity (Wildman–Crippen MR) is 73.7 cm³/mol. The predicted octanol–water partition coefficient (Wildman–Crippen LogP) is 2.98. The van der Waals surface area contributed by atoms with Crippen LogP contribution < -0.4 is 5.73 Å². The number of hydrogen-bond acceptors (Lipinski definition) is 4. The largest absolute Gasteiger partial charge is 0.324 e. The Kier molecular flexibility index (Phi) is 3.57. The number of non-ortho nitro benzene ring substituents is 1. The van der Waals surface area contributed by atoms with Gasteiger partial charge in [-0.15, -0.1) is 0 Å². The van der Waals surface area contributed by atoms with E-state index >= 15 is 0 Å². The summed E-state index contributed by atoms with van der Waals surface area (Å²) in [5.74, 6) is 0. The summed E-state index contributed by atoms with van der Waals surface area (Å²) in [6, 6.07) is 10.1. The zero-order valence-electron chi connectivity index (χ0n) is 10.8. The van der Waals surface area contributed by atoms with Crippen molar-refractivity contribution in [1.82, 2.24) is 4.98 Å². The Labute approximate surface area is 111 Å². The van der Waals surface area contributed by atoms with Crippen LogP contribution in [0.1, 0.15) is 24.2 Å². The summed E-state index contributed by atoms with van der Waals surface area (Å²) in [5, 5.41) is 10.6. The van der Waals surface area contributed by atoms with E-state index in [2.05, 4.69) is 4.98 Å². The zero-order chi connectivity index (χ0) is 14.0. The van der Waals surface area contributed by atoms with Crippen molar-refractivity contribution in [3.63, 3.8) is 0 Å². The van der Waals surface area contributed by atoms with Crippen LogP contribution in [0.3, 0.4) is 0 Å². The third-order valence-electron chi connectivity index (χ3n) is 2.99. The fourth-order valence-corrected chi connectivity index (χ4v) is 1.97. The summed E-state index contributed by atoms with van der Waals surface area (Å²) in [6.45, 7) is 3.82. The van der Waals surface area contributed by atoms with Crippen molar-refractivity contribution in [3.05, 3.63) is 57.8 Å². The average Bonchev–Trinajstić information content (AvgIpc) is 2.38. The van der Waals surface area contributed by atoms with Gasteiger partial charge in [0.1, 0.15) is 0 Å². The Hall–Kier alpha value is -2.27. The summed E-state index contributed by atoms with van der Waals surface area (Å²) >= 11 is 0. The van der Waals surface area contributed by atoms with E-state index < -0.39 is 4.92 Å². The van der Waals surface area contributed by atoms with Gasteiger partial charge < -0.3 is 5.73 Å². The van der Waals surface area contributed by atoms with Crippen LogP contribution in [0.15, 0.2) is 36.4 Å². The lowest BCUT2D eigenvalue weighted by Crippen LogP contribution is -2.08. The van der Waals surface area contributed by atoms with Crippen LogP contribution in [-0.4, -0.2) is 9.91 Å². The number of rotatable bonds is 3. The second kappa shape index (κ2) is 5.16. The molecule has 0 aliphatic heterocycles. The van der Waals surface area contributed by atoms with E-state index in [1.54, 1.807) is 12.1 Å². The maximum atomic E-state index is 10.6. The van der Waals surface area contributed by atoms with Gasteiger partial charge in [-0.1, -0.05) is 6.07 Å². The number of benzene rings is 1. The standard InChI is InChI=1S/C14H15N3O2/c1-9(15)13-7-8-14(16-10(13)2)11-3-5-12(6-4-11)17(18)19/h3-9H,15H2,1-2H3. The van der Waals surface area contributed by atoms with Gasteiger partial charge in [-0.3, -0.25) is 15.1 Å². The number of hydrogen-bond donors (Lipinski definition) is 1. The second-order valence-corrected chi connectivity index (χ2v) is 4.46. The van der Waals surface area contributed by atoms with E-state index in [0.29, 0.717) is 0 Å². The van der Waals surface area contributed by atoms with Crippen molar-refractivity contribution in [2.24, 2.45) is 5.73 Å². The molecule has 0 fully saturated rings. The molecule has 0 bridgehead atoms. The van der Waals surface area contributed by atoms with E-state index in [1.165, 1.54) is 12.1 Å². The normalized spacial score (nSPS) is 12.2. The third kappa shape index (κ3) is 2.77. The van der Waals surface area contributed by atoms with Gasteiger partial charge in [0, 0.05) is 29.4 Å². The number of nitro groups is 1. The summed E-state index contributed by atoms with van der Waals surface area (Å²) in [6.07, 6.45) is 0. The first-order valence-electron chi connectivity index (χ1n) is 5.97.